The van der Waals surface area contributed by atoms with Crippen LogP contribution in [0.4, 0.5) is 0 Å². The Bertz CT molecular complexity index is 527. The van der Waals surface area contributed by atoms with E-state index in [-0.39, 0.29) is 0 Å². The van der Waals surface area contributed by atoms with Gasteiger partial charge in [-0.15, -0.1) is 0 Å². The second-order valence-corrected chi connectivity index (χ2v) is 4.60. The molecule has 2 aromatic rings. The molecule has 1 amide bonds. The summed E-state index contributed by atoms with van der Waals surface area (Å²) in [5.74, 6) is -0.471. The summed E-state index contributed by atoms with van der Waals surface area (Å²) in [7, 11) is 0. The van der Waals surface area contributed by atoms with E-state index in [0.29, 0.717) is 13.0 Å². The number of nitrogens with two attached hydrogens (primary N) is 1. The molecule has 5 N–H and O–H groups in total. The Labute approximate surface area is 117 Å². The van der Waals surface area contributed by atoms with Crippen molar-refractivity contribution >= 4 is 5.91 Å². The Kier molecular flexibility index (Phi) is 4.86. The standard InChI is InChI=1S/C14H18N4O2/c15-12(8-11-6-7-17-18-11)13(19)14(20)16-9-10-4-2-1-3-5-10/h1-7,12-13,19H,8-9,15H2,(H,16,20)(H,17,18)/t12-,13?/m0/s1. The molecule has 0 saturated carbocycles. The maximum absolute atomic E-state index is 11.8. The molecular weight excluding hydrogens is 256 g/mol. The Morgan fingerprint density at radius 2 is 2.10 bits per heavy atom. The van der Waals surface area contributed by atoms with Crippen molar-refractivity contribution in [1.29, 1.82) is 0 Å². The van der Waals surface area contributed by atoms with Crippen molar-refractivity contribution in [2.45, 2.75) is 25.1 Å². The second kappa shape index (κ2) is 6.83. The lowest BCUT2D eigenvalue weighted by atomic mass is 10.1. The lowest BCUT2D eigenvalue weighted by Crippen LogP contribution is -2.47. The van der Waals surface area contributed by atoms with Gasteiger partial charge in [0.15, 0.2) is 0 Å². The van der Waals surface area contributed by atoms with E-state index in [1.807, 2.05) is 30.3 Å². The van der Waals surface area contributed by atoms with Crippen LogP contribution in [-0.2, 0) is 17.8 Å². The van der Waals surface area contributed by atoms with Crippen molar-refractivity contribution in [1.82, 2.24) is 15.5 Å². The minimum atomic E-state index is -1.25. The summed E-state index contributed by atoms with van der Waals surface area (Å²) in [6, 6.07) is 10.6. The molecule has 1 heterocycles. The fourth-order valence-electron chi connectivity index (χ4n) is 1.85. The Morgan fingerprint density at radius 3 is 2.75 bits per heavy atom. The fourth-order valence-corrected chi connectivity index (χ4v) is 1.85. The van der Waals surface area contributed by atoms with E-state index < -0.39 is 18.1 Å². The number of hydrogen-bond acceptors (Lipinski definition) is 4. The summed E-state index contributed by atoms with van der Waals surface area (Å²) >= 11 is 0. The molecule has 0 saturated heterocycles. The number of aliphatic hydroxyl groups excluding tert-OH is 1. The molecule has 0 spiro atoms. The molecule has 106 valence electrons. The summed E-state index contributed by atoms with van der Waals surface area (Å²) in [6.45, 7) is 0.369. The van der Waals surface area contributed by atoms with Crippen molar-refractivity contribution in [3.8, 4) is 0 Å². The van der Waals surface area contributed by atoms with E-state index in [1.54, 1.807) is 12.3 Å². The van der Waals surface area contributed by atoms with Crippen molar-refractivity contribution in [3.05, 3.63) is 53.9 Å². The lowest BCUT2D eigenvalue weighted by Gasteiger charge is -2.17. The van der Waals surface area contributed by atoms with Crippen LogP contribution in [0.2, 0.25) is 0 Å². The van der Waals surface area contributed by atoms with Crippen LogP contribution < -0.4 is 11.1 Å². The van der Waals surface area contributed by atoms with Crippen LogP contribution in [0.3, 0.4) is 0 Å². The number of nitrogens with one attached hydrogen (secondary N) is 2. The summed E-state index contributed by atoms with van der Waals surface area (Å²) in [5, 5.41) is 19.1. The smallest absolute Gasteiger partial charge is 0.250 e. The third-order valence-electron chi connectivity index (χ3n) is 3.00. The lowest BCUT2D eigenvalue weighted by molar-refractivity contribution is -0.130. The molecule has 0 aliphatic heterocycles. The van der Waals surface area contributed by atoms with Gasteiger partial charge in [0.1, 0.15) is 6.10 Å². The number of aromatic amines is 1. The normalized spacial score (nSPS) is 13.7. The molecule has 0 fully saturated rings. The number of carbonyl (C=O) groups excluding carboxylic acids is 1. The van der Waals surface area contributed by atoms with Gasteiger partial charge in [-0.25, -0.2) is 0 Å². The number of rotatable bonds is 6. The Hall–Kier alpha value is -2.18. The molecule has 20 heavy (non-hydrogen) atoms. The Morgan fingerprint density at radius 1 is 1.35 bits per heavy atom. The quantitative estimate of drug-likeness (QED) is 0.593. The molecule has 6 heteroatoms. The van der Waals surface area contributed by atoms with E-state index in [4.69, 9.17) is 5.73 Å². The molecule has 6 nitrogen and oxygen atoms in total. The van der Waals surface area contributed by atoms with E-state index in [0.717, 1.165) is 11.3 Å². The molecule has 1 unspecified atom stereocenters. The first-order valence-electron chi connectivity index (χ1n) is 6.40. The Balaban J connectivity index is 1.82. The van der Waals surface area contributed by atoms with Gasteiger partial charge in [-0.1, -0.05) is 30.3 Å². The highest BCUT2D eigenvalue weighted by Crippen LogP contribution is 2.02. The summed E-state index contributed by atoms with van der Waals surface area (Å²) in [4.78, 5) is 11.8. The number of nitrogens with zero attached hydrogens (tertiary/aromatic N) is 1. The largest absolute Gasteiger partial charge is 0.382 e. The summed E-state index contributed by atoms with van der Waals surface area (Å²) in [5.41, 5.74) is 7.57. The van der Waals surface area contributed by atoms with E-state index in [2.05, 4.69) is 15.5 Å². The predicted octanol–water partition coefficient (Wildman–Crippen LogP) is -0.0432. The monoisotopic (exact) mass is 274 g/mol. The van der Waals surface area contributed by atoms with Crippen molar-refractivity contribution in [2.24, 2.45) is 5.73 Å². The van der Waals surface area contributed by atoms with E-state index >= 15 is 0 Å². The van der Waals surface area contributed by atoms with Crippen molar-refractivity contribution in [2.75, 3.05) is 0 Å². The number of benzene rings is 1. The van der Waals surface area contributed by atoms with Gasteiger partial charge < -0.3 is 16.2 Å². The minimum absolute atomic E-state index is 0.361. The molecule has 2 atom stereocenters. The molecule has 1 aromatic heterocycles. The van der Waals surface area contributed by atoms with Gasteiger partial charge in [0.05, 0.1) is 0 Å². The fraction of sp³-hybridized carbons (Fsp3) is 0.286. The average molecular weight is 274 g/mol. The zero-order chi connectivity index (χ0) is 14.4. The van der Waals surface area contributed by atoms with Crippen molar-refractivity contribution < 1.29 is 9.90 Å². The zero-order valence-electron chi connectivity index (χ0n) is 11.0. The second-order valence-electron chi connectivity index (χ2n) is 4.60. The van der Waals surface area contributed by atoms with Crippen LogP contribution in [0, 0.1) is 0 Å². The molecular formula is C14H18N4O2. The zero-order valence-corrected chi connectivity index (χ0v) is 11.0. The summed E-state index contributed by atoms with van der Waals surface area (Å²) in [6.07, 6.45) is 0.714. The molecule has 1 aromatic carbocycles. The van der Waals surface area contributed by atoms with Gasteiger partial charge in [0, 0.05) is 30.9 Å². The van der Waals surface area contributed by atoms with Gasteiger partial charge in [0.25, 0.3) is 5.91 Å². The first-order valence-corrected chi connectivity index (χ1v) is 6.40. The first-order chi connectivity index (χ1) is 9.66. The van der Waals surface area contributed by atoms with Gasteiger partial charge in [0.2, 0.25) is 0 Å². The topological polar surface area (TPSA) is 104 Å². The van der Waals surface area contributed by atoms with Gasteiger partial charge >= 0.3 is 0 Å². The van der Waals surface area contributed by atoms with Crippen molar-refractivity contribution in [3.63, 3.8) is 0 Å². The maximum Gasteiger partial charge on any atom is 0.250 e. The molecule has 2 rings (SSSR count). The van der Waals surface area contributed by atoms with Gasteiger partial charge in [-0.2, -0.15) is 5.10 Å². The highest BCUT2D eigenvalue weighted by molar-refractivity contribution is 5.81. The third-order valence-corrected chi connectivity index (χ3v) is 3.00. The first kappa shape index (κ1) is 14.2. The number of amides is 1. The number of aromatic nitrogens is 2. The molecule has 0 aliphatic rings. The number of carbonyl (C=O) groups is 1. The van der Waals surface area contributed by atoms with Crippen LogP contribution >= 0.6 is 0 Å². The van der Waals surface area contributed by atoms with Crippen LogP contribution in [0.25, 0.3) is 0 Å². The predicted molar refractivity (Wildman–Crippen MR) is 74.6 cm³/mol. The van der Waals surface area contributed by atoms with E-state index in [9.17, 15) is 9.90 Å². The van der Waals surface area contributed by atoms with Crippen LogP contribution in [-0.4, -0.2) is 33.4 Å². The van der Waals surface area contributed by atoms with Gasteiger partial charge in [-0.3, -0.25) is 9.89 Å². The third kappa shape index (κ3) is 3.91. The highest BCUT2D eigenvalue weighted by Gasteiger charge is 2.23. The maximum atomic E-state index is 11.8. The van der Waals surface area contributed by atoms with E-state index in [1.165, 1.54) is 0 Å². The number of hydrogen-bond donors (Lipinski definition) is 4. The van der Waals surface area contributed by atoms with Gasteiger partial charge in [-0.05, 0) is 11.6 Å². The number of H-pyrrole nitrogens is 1. The molecule has 0 bridgehead atoms. The molecule has 0 radical (unpaired) electrons. The summed E-state index contributed by atoms with van der Waals surface area (Å²) < 4.78 is 0. The molecule has 0 aliphatic carbocycles. The highest BCUT2D eigenvalue weighted by atomic mass is 16.3. The SMILES string of the molecule is N[C@@H](Cc1ccn[nH]1)C(O)C(=O)NCc1ccccc1. The average Bonchev–Trinajstić information content (AvgIpc) is 2.98. The van der Waals surface area contributed by atoms with Crippen LogP contribution in [0.5, 0.6) is 0 Å². The minimum Gasteiger partial charge on any atom is -0.382 e. The van der Waals surface area contributed by atoms with Crippen LogP contribution in [0.15, 0.2) is 42.6 Å². The number of aliphatic hydroxyl groups is 1. The van der Waals surface area contributed by atoms with Crippen LogP contribution in [0.1, 0.15) is 11.3 Å².